The third-order valence-corrected chi connectivity index (χ3v) is 12.1. The van der Waals surface area contributed by atoms with E-state index in [1.54, 1.807) is 6.07 Å². The molecule has 1 amide bonds. The molecule has 4 aromatic carbocycles. The van der Waals surface area contributed by atoms with Crippen LogP contribution in [-0.2, 0) is 11.3 Å². The van der Waals surface area contributed by atoms with Gasteiger partial charge in [0.15, 0.2) is 5.82 Å². The van der Waals surface area contributed by atoms with Gasteiger partial charge in [0, 0.05) is 37.0 Å². The van der Waals surface area contributed by atoms with Gasteiger partial charge in [-0.25, -0.2) is 13.6 Å². The summed E-state index contributed by atoms with van der Waals surface area (Å²) in [4.78, 5) is 29.1. The fourth-order valence-corrected chi connectivity index (χ4v) is 9.66. The molecule has 4 saturated heterocycles. The third-order valence-electron chi connectivity index (χ3n) is 11.8. The lowest BCUT2D eigenvalue weighted by molar-refractivity contribution is 0.0122. The summed E-state index contributed by atoms with van der Waals surface area (Å²) in [6, 6.07) is 22.9. The summed E-state index contributed by atoms with van der Waals surface area (Å²) < 4.78 is 50.7. The minimum absolute atomic E-state index is 0.0231. The van der Waals surface area contributed by atoms with Crippen LogP contribution in [0, 0.1) is 5.82 Å². The molecule has 0 spiro atoms. The van der Waals surface area contributed by atoms with Crippen LogP contribution in [0.2, 0.25) is 5.02 Å². The second-order valence-electron chi connectivity index (χ2n) is 16.8. The minimum Gasteiger partial charge on any atom is -0.489 e. The summed E-state index contributed by atoms with van der Waals surface area (Å²) in [6.07, 6.45) is 2.53. The molecule has 4 fully saturated rings. The summed E-state index contributed by atoms with van der Waals surface area (Å²) in [5.74, 6) is 0.456. The number of hydrogen-bond donors (Lipinski definition) is 0. The van der Waals surface area contributed by atoms with E-state index in [1.807, 2.05) is 92.4 Å². The van der Waals surface area contributed by atoms with Crippen LogP contribution < -0.4 is 14.4 Å². The summed E-state index contributed by atoms with van der Waals surface area (Å²) >= 11 is 7.14. The Labute approximate surface area is 330 Å². The zero-order chi connectivity index (χ0) is 38.8. The number of nitrogens with zero attached hydrogens (tertiary/aromatic N) is 5. The molecule has 9 rings (SSSR count). The predicted octanol–water partition coefficient (Wildman–Crippen LogP) is 9.36. The van der Waals surface area contributed by atoms with Crippen LogP contribution in [0.4, 0.5) is 19.4 Å². The highest BCUT2D eigenvalue weighted by atomic mass is 35.5. The minimum atomic E-state index is -0.923. The molecule has 4 atom stereocenters. The van der Waals surface area contributed by atoms with Gasteiger partial charge in [0.25, 0.3) is 0 Å². The molecule has 0 aliphatic carbocycles. The first kappa shape index (κ1) is 36.9. The Morgan fingerprint density at radius 3 is 2.46 bits per heavy atom. The van der Waals surface area contributed by atoms with Gasteiger partial charge in [-0.05, 0) is 93.1 Å². The molecule has 5 heterocycles. The Bertz CT molecular complexity index is 2290. The summed E-state index contributed by atoms with van der Waals surface area (Å²) in [7, 11) is 0. The molecule has 0 unspecified atom stereocenters. The second kappa shape index (κ2) is 14.3. The van der Waals surface area contributed by atoms with E-state index < -0.39 is 23.1 Å². The number of ether oxygens (including phenoxy) is 3. The Hall–Kier alpha value is -4.74. The van der Waals surface area contributed by atoms with Gasteiger partial charge >= 0.3 is 12.1 Å². The van der Waals surface area contributed by atoms with Gasteiger partial charge in [0.1, 0.15) is 42.1 Å². The van der Waals surface area contributed by atoms with E-state index in [2.05, 4.69) is 9.80 Å². The molecule has 4 aliphatic heterocycles. The van der Waals surface area contributed by atoms with Crippen molar-refractivity contribution in [2.45, 2.75) is 88.9 Å². The Balaban J connectivity index is 1.13. The number of hydrogen-bond acceptors (Lipinski definition) is 8. The van der Waals surface area contributed by atoms with Crippen LogP contribution in [0.3, 0.4) is 0 Å². The maximum Gasteiger partial charge on any atom is 0.410 e. The van der Waals surface area contributed by atoms with Crippen molar-refractivity contribution in [2.75, 3.05) is 37.7 Å². The van der Waals surface area contributed by atoms with E-state index >= 15 is 4.39 Å². The molecular weight excluding hydrogens is 736 g/mol. The highest BCUT2D eigenvalue weighted by Gasteiger charge is 2.50. The number of rotatable bonds is 8. The fraction of sp³-hybridized carbons (Fsp3) is 0.432. The molecular formula is C44H46ClF2N5O4. The number of aromatic nitrogens is 2. The Morgan fingerprint density at radius 1 is 0.946 bits per heavy atom. The molecule has 0 radical (unpaired) electrons. The second-order valence-corrected chi connectivity index (χ2v) is 17.2. The van der Waals surface area contributed by atoms with Crippen LogP contribution in [-0.4, -0.2) is 88.0 Å². The van der Waals surface area contributed by atoms with Gasteiger partial charge in [0.05, 0.1) is 22.6 Å². The van der Waals surface area contributed by atoms with E-state index in [0.717, 1.165) is 48.6 Å². The number of fused-ring (bicyclic) bond motifs is 5. The van der Waals surface area contributed by atoms with Crippen molar-refractivity contribution in [3.8, 4) is 22.9 Å². The first-order valence-corrected chi connectivity index (χ1v) is 20.0. The van der Waals surface area contributed by atoms with Crippen molar-refractivity contribution < 1.29 is 27.8 Å². The lowest BCUT2D eigenvalue weighted by Crippen LogP contribution is -2.57. The molecule has 1 aromatic heterocycles. The number of anilines is 1. The monoisotopic (exact) mass is 781 g/mol. The molecule has 12 heteroatoms. The largest absolute Gasteiger partial charge is 0.489 e. The first-order valence-electron chi connectivity index (χ1n) is 19.6. The van der Waals surface area contributed by atoms with Crippen molar-refractivity contribution >= 4 is 45.2 Å². The molecule has 2 bridgehead atoms. The predicted molar refractivity (Wildman–Crippen MR) is 214 cm³/mol. The number of piperazine rings is 1. The van der Waals surface area contributed by atoms with E-state index in [4.69, 9.17) is 35.8 Å². The van der Waals surface area contributed by atoms with E-state index in [9.17, 15) is 9.18 Å². The highest BCUT2D eigenvalue weighted by Crippen LogP contribution is 2.45. The zero-order valence-electron chi connectivity index (χ0n) is 31.9. The van der Waals surface area contributed by atoms with Gasteiger partial charge in [-0.3, -0.25) is 9.80 Å². The van der Waals surface area contributed by atoms with Crippen molar-refractivity contribution in [1.29, 1.82) is 0 Å². The quantitative estimate of drug-likeness (QED) is 0.154. The summed E-state index contributed by atoms with van der Waals surface area (Å²) in [6.45, 7) is 8.27. The standard InChI is InChI=1S/C44H46ClF2N5O4/c1-43(2,3)56-42(53)52-30-14-15-31(52)24-50(23-30)40-35-20-36(45)37(34-19-32(18-28-12-7-8-13-33(28)34)54-25-27-10-5-4-6-11-27)38(47)39(35)48-41(49-40)55-26-44-16-9-17-51(44)22-29(46)21-44/h4-8,10-13,18-20,29-31H,9,14-17,21-26H2,1-3H3/t29-,30-,31+,44+/m1/s1. The molecule has 292 valence electrons. The summed E-state index contributed by atoms with van der Waals surface area (Å²) in [5.41, 5.74) is 0.781. The third kappa shape index (κ3) is 6.87. The van der Waals surface area contributed by atoms with Gasteiger partial charge < -0.3 is 19.1 Å². The zero-order valence-corrected chi connectivity index (χ0v) is 32.7. The SMILES string of the molecule is CC(C)(C)OC(=O)N1[C@@H]2CC[C@H]1CN(c1nc(OC[C@@]34CCCN3C[C@H](F)C4)nc3c(F)c(-c4cc(OCc5ccccc5)cc5ccccc45)c(Cl)cc13)C2. The first-order chi connectivity index (χ1) is 26.9. The van der Waals surface area contributed by atoms with E-state index in [-0.39, 0.29) is 46.9 Å². The van der Waals surface area contributed by atoms with Crippen LogP contribution >= 0.6 is 11.6 Å². The maximum atomic E-state index is 17.5. The van der Waals surface area contributed by atoms with Crippen molar-refractivity contribution in [3.05, 3.63) is 89.2 Å². The van der Waals surface area contributed by atoms with Gasteiger partial charge in [-0.2, -0.15) is 9.97 Å². The normalized spacial score (nSPS) is 23.6. The van der Waals surface area contributed by atoms with Crippen LogP contribution in [0.25, 0.3) is 32.8 Å². The van der Waals surface area contributed by atoms with Gasteiger partial charge in [0.2, 0.25) is 0 Å². The smallest absolute Gasteiger partial charge is 0.410 e. The number of alkyl halides is 1. The lowest BCUT2D eigenvalue weighted by Gasteiger charge is -2.42. The fourth-order valence-electron chi connectivity index (χ4n) is 9.36. The van der Waals surface area contributed by atoms with Crippen molar-refractivity contribution in [2.24, 2.45) is 0 Å². The average molecular weight is 782 g/mol. The van der Waals surface area contributed by atoms with Crippen LogP contribution in [0.1, 0.15) is 58.4 Å². The molecule has 56 heavy (non-hydrogen) atoms. The number of carbonyl (C=O) groups excluding carboxylic acids is 1. The van der Waals surface area contributed by atoms with E-state index in [1.165, 1.54) is 0 Å². The number of halogens is 3. The molecule has 0 saturated carbocycles. The molecule has 4 aliphatic rings. The van der Waals surface area contributed by atoms with E-state index in [0.29, 0.717) is 55.2 Å². The maximum absolute atomic E-state index is 17.5. The van der Waals surface area contributed by atoms with Gasteiger partial charge in [-0.1, -0.05) is 66.2 Å². The Morgan fingerprint density at radius 2 is 1.70 bits per heavy atom. The molecule has 9 nitrogen and oxygen atoms in total. The van der Waals surface area contributed by atoms with Crippen molar-refractivity contribution in [3.63, 3.8) is 0 Å². The topological polar surface area (TPSA) is 80.3 Å². The number of carbonyl (C=O) groups is 1. The lowest BCUT2D eigenvalue weighted by atomic mass is 9.95. The number of benzene rings is 4. The van der Waals surface area contributed by atoms with Crippen molar-refractivity contribution in [1.82, 2.24) is 19.8 Å². The van der Waals surface area contributed by atoms with Crippen LogP contribution in [0.5, 0.6) is 11.8 Å². The molecule has 5 aromatic rings. The number of amides is 1. The summed E-state index contributed by atoms with van der Waals surface area (Å²) in [5, 5.41) is 2.33. The van der Waals surface area contributed by atoms with Gasteiger partial charge in [-0.15, -0.1) is 0 Å². The highest BCUT2D eigenvalue weighted by molar-refractivity contribution is 6.35. The Kier molecular flexibility index (Phi) is 9.43. The van der Waals surface area contributed by atoms with Crippen LogP contribution in [0.15, 0.2) is 72.8 Å². The average Bonchev–Trinajstić information content (AvgIpc) is 3.79. The molecule has 0 N–H and O–H groups in total.